The third kappa shape index (κ3) is 5.56. The van der Waals surface area contributed by atoms with Crippen molar-refractivity contribution in [3.05, 3.63) is 53.0 Å². The van der Waals surface area contributed by atoms with Crippen LogP contribution in [0, 0.1) is 0 Å². The summed E-state index contributed by atoms with van der Waals surface area (Å²) in [5, 5.41) is 11.8. The lowest BCUT2D eigenvalue weighted by Gasteiger charge is -2.11. The molecular weight excluding hydrogens is 428 g/mol. The fourth-order valence-corrected chi connectivity index (χ4v) is 4.55. The summed E-state index contributed by atoms with van der Waals surface area (Å²) in [5.41, 5.74) is 3.27. The van der Waals surface area contributed by atoms with Crippen molar-refractivity contribution >= 4 is 17.3 Å². The van der Waals surface area contributed by atoms with Crippen LogP contribution in [0.15, 0.2) is 41.9 Å². The van der Waals surface area contributed by atoms with E-state index in [1.165, 1.54) is 16.9 Å². The van der Waals surface area contributed by atoms with Crippen molar-refractivity contribution in [1.82, 2.24) is 9.97 Å². The van der Waals surface area contributed by atoms with E-state index in [2.05, 4.69) is 9.97 Å². The highest BCUT2D eigenvalue weighted by Gasteiger charge is 2.24. The maximum absolute atomic E-state index is 11.0. The molecule has 0 spiro atoms. The topological polar surface area (TPSA) is 90.8 Å². The number of pyridine rings is 1. The number of carbonyl (C=O) groups is 1. The number of thiazole rings is 1. The zero-order chi connectivity index (χ0) is 22.3. The van der Waals surface area contributed by atoms with Crippen molar-refractivity contribution < 1.29 is 24.1 Å². The Hall–Kier alpha value is -3.13. The van der Waals surface area contributed by atoms with E-state index in [0.29, 0.717) is 31.6 Å². The Morgan fingerprint density at radius 3 is 2.81 bits per heavy atom. The maximum atomic E-state index is 11.0. The van der Waals surface area contributed by atoms with E-state index < -0.39 is 5.97 Å². The molecule has 1 aromatic carbocycles. The number of hydrogen-bond donors (Lipinski definition) is 1. The molecule has 0 bridgehead atoms. The number of hydrogen-bond acceptors (Lipinski definition) is 7. The monoisotopic (exact) mass is 454 g/mol. The minimum Gasteiger partial charge on any atom is -0.493 e. The summed E-state index contributed by atoms with van der Waals surface area (Å²) >= 11 is 1.52. The zero-order valence-corrected chi connectivity index (χ0v) is 18.8. The van der Waals surface area contributed by atoms with Gasteiger partial charge in [0.2, 0.25) is 11.8 Å². The van der Waals surface area contributed by atoms with Gasteiger partial charge in [-0.15, -0.1) is 11.3 Å². The van der Waals surface area contributed by atoms with E-state index in [9.17, 15) is 4.79 Å². The second-order valence-electron chi connectivity index (χ2n) is 7.55. The number of nitrogens with zero attached hydrogens (tertiary/aromatic N) is 2. The Bertz CT molecular complexity index is 1050. The van der Waals surface area contributed by atoms with Gasteiger partial charge in [-0.25, -0.2) is 9.97 Å². The molecule has 2 aromatic heterocycles. The smallest absolute Gasteiger partial charge is 0.303 e. The van der Waals surface area contributed by atoms with Gasteiger partial charge in [-0.05, 0) is 55.0 Å². The Morgan fingerprint density at radius 1 is 1.16 bits per heavy atom. The summed E-state index contributed by atoms with van der Waals surface area (Å²) in [6.45, 7) is 3.57. The van der Waals surface area contributed by atoms with Crippen LogP contribution in [0.3, 0.4) is 0 Å². The van der Waals surface area contributed by atoms with Crippen LogP contribution >= 0.6 is 11.3 Å². The van der Waals surface area contributed by atoms with Crippen LogP contribution < -0.4 is 14.2 Å². The molecular formula is C24H26N2O5S. The molecule has 0 fully saturated rings. The number of fused-ring (bicyclic) bond motifs is 1. The van der Waals surface area contributed by atoms with Gasteiger partial charge in [0.1, 0.15) is 10.8 Å². The van der Waals surface area contributed by atoms with Crippen LogP contribution in [-0.4, -0.2) is 40.9 Å². The van der Waals surface area contributed by atoms with Crippen LogP contribution in [0.1, 0.15) is 43.2 Å². The number of benzene rings is 1. The molecule has 1 atom stereocenters. The first kappa shape index (κ1) is 22.1. The number of carboxylic acid groups (broad SMARTS) is 1. The quantitative estimate of drug-likeness (QED) is 0.410. The number of aryl methyl sites for hydroxylation is 1. The fraction of sp³-hybridized carbons (Fsp3) is 0.375. The maximum Gasteiger partial charge on any atom is 0.303 e. The van der Waals surface area contributed by atoms with Crippen LogP contribution in [-0.2, 0) is 11.2 Å². The van der Waals surface area contributed by atoms with Gasteiger partial charge in [0.25, 0.3) is 0 Å². The first-order chi connectivity index (χ1) is 15.6. The van der Waals surface area contributed by atoms with E-state index >= 15 is 0 Å². The molecule has 1 aliphatic carbocycles. The Kier molecular flexibility index (Phi) is 7.21. The highest BCUT2D eigenvalue weighted by Crippen LogP contribution is 2.37. The van der Waals surface area contributed by atoms with E-state index in [-0.39, 0.29) is 12.3 Å². The number of aliphatic carboxylic acids is 1. The molecule has 0 saturated heterocycles. The van der Waals surface area contributed by atoms with Crippen molar-refractivity contribution in [2.75, 3.05) is 19.8 Å². The standard InChI is InChI=1S/C24H26N2O5S/c1-2-29-22-15-32-24(26-22)18-6-9-21(25-14-18)31-11-3-10-30-19-7-8-20-16(12-19)4-5-17(20)13-23(27)28/h6-9,12,14-15,17H,2-5,10-11,13H2,1H3,(H,27,28)/t17-/m0/s1. The van der Waals surface area contributed by atoms with Crippen LogP contribution in [0.25, 0.3) is 10.6 Å². The van der Waals surface area contributed by atoms with E-state index in [1.54, 1.807) is 6.20 Å². The SMILES string of the molecule is CCOc1csc(-c2ccc(OCCCOc3ccc4c(c3)CC[C@H]4CC(=O)O)nc2)n1. The molecule has 1 N–H and O–H groups in total. The van der Waals surface area contributed by atoms with Gasteiger partial charge in [-0.3, -0.25) is 4.79 Å². The molecule has 1 aliphatic rings. The average molecular weight is 455 g/mol. The van der Waals surface area contributed by atoms with Crippen LogP contribution in [0.2, 0.25) is 0 Å². The predicted octanol–water partition coefficient (Wildman–Crippen LogP) is 4.96. The Morgan fingerprint density at radius 2 is 2.03 bits per heavy atom. The summed E-state index contributed by atoms with van der Waals surface area (Å²) in [4.78, 5) is 19.8. The highest BCUT2D eigenvalue weighted by atomic mass is 32.1. The summed E-state index contributed by atoms with van der Waals surface area (Å²) in [6.07, 6.45) is 4.47. The van der Waals surface area contributed by atoms with Gasteiger partial charge >= 0.3 is 5.97 Å². The Labute approximate surface area is 191 Å². The number of aromatic nitrogens is 2. The van der Waals surface area contributed by atoms with Gasteiger partial charge in [0.15, 0.2) is 0 Å². The van der Waals surface area contributed by atoms with Gasteiger partial charge in [0, 0.05) is 24.2 Å². The zero-order valence-electron chi connectivity index (χ0n) is 18.0. The van der Waals surface area contributed by atoms with Crippen molar-refractivity contribution in [1.29, 1.82) is 0 Å². The molecule has 2 heterocycles. The first-order valence-electron chi connectivity index (χ1n) is 10.8. The molecule has 0 amide bonds. The Balaban J connectivity index is 1.20. The lowest BCUT2D eigenvalue weighted by atomic mass is 9.98. The lowest BCUT2D eigenvalue weighted by Crippen LogP contribution is -2.06. The van der Waals surface area contributed by atoms with Gasteiger partial charge in [0.05, 0.1) is 31.6 Å². The first-order valence-corrected chi connectivity index (χ1v) is 11.7. The molecule has 8 heteroatoms. The van der Waals surface area contributed by atoms with Crippen LogP contribution in [0.4, 0.5) is 0 Å². The summed E-state index contributed by atoms with van der Waals surface area (Å²) in [6, 6.07) is 9.75. The minimum absolute atomic E-state index is 0.117. The van der Waals surface area contributed by atoms with E-state index in [1.807, 2.05) is 42.6 Å². The molecule has 168 valence electrons. The van der Waals surface area contributed by atoms with Crippen molar-refractivity contribution in [2.45, 2.75) is 38.5 Å². The lowest BCUT2D eigenvalue weighted by molar-refractivity contribution is -0.137. The molecule has 0 unspecified atom stereocenters. The number of ether oxygens (including phenoxy) is 3. The fourth-order valence-electron chi connectivity index (χ4n) is 3.82. The predicted molar refractivity (Wildman–Crippen MR) is 122 cm³/mol. The highest BCUT2D eigenvalue weighted by molar-refractivity contribution is 7.13. The number of rotatable bonds is 11. The third-order valence-corrected chi connectivity index (χ3v) is 6.17. The number of carboxylic acids is 1. The second-order valence-corrected chi connectivity index (χ2v) is 8.41. The normalized spacial score (nSPS) is 14.7. The van der Waals surface area contributed by atoms with E-state index in [0.717, 1.165) is 41.1 Å². The minimum atomic E-state index is -0.744. The van der Waals surface area contributed by atoms with Crippen molar-refractivity contribution in [3.63, 3.8) is 0 Å². The molecule has 3 aromatic rings. The van der Waals surface area contributed by atoms with Gasteiger partial charge in [-0.1, -0.05) is 6.07 Å². The summed E-state index contributed by atoms with van der Waals surface area (Å²) in [5.74, 6) is 1.39. The van der Waals surface area contributed by atoms with E-state index in [4.69, 9.17) is 19.3 Å². The third-order valence-electron chi connectivity index (χ3n) is 5.30. The van der Waals surface area contributed by atoms with Gasteiger partial charge in [-0.2, -0.15) is 0 Å². The van der Waals surface area contributed by atoms with Crippen molar-refractivity contribution in [2.24, 2.45) is 0 Å². The van der Waals surface area contributed by atoms with Crippen LogP contribution in [0.5, 0.6) is 17.5 Å². The molecule has 4 rings (SSSR count). The molecule has 0 aliphatic heterocycles. The summed E-state index contributed by atoms with van der Waals surface area (Å²) in [7, 11) is 0. The summed E-state index contributed by atoms with van der Waals surface area (Å²) < 4.78 is 17.0. The van der Waals surface area contributed by atoms with Gasteiger partial charge < -0.3 is 19.3 Å². The van der Waals surface area contributed by atoms with Crippen molar-refractivity contribution in [3.8, 4) is 28.1 Å². The molecule has 7 nitrogen and oxygen atoms in total. The molecule has 0 radical (unpaired) electrons. The largest absolute Gasteiger partial charge is 0.493 e. The second kappa shape index (κ2) is 10.5. The average Bonchev–Trinajstić information content (AvgIpc) is 3.41. The molecule has 0 saturated carbocycles. The molecule has 32 heavy (non-hydrogen) atoms.